The predicted octanol–water partition coefficient (Wildman–Crippen LogP) is 3.28. The van der Waals surface area contributed by atoms with Gasteiger partial charge in [-0.15, -0.1) is 0 Å². The number of rotatable bonds is 5. The lowest BCUT2D eigenvalue weighted by Crippen LogP contribution is -2.52. The van der Waals surface area contributed by atoms with E-state index < -0.39 is 0 Å². The molecule has 118 valence electrons. The van der Waals surface area contributed by atoms with Crippen molar-refractivity contribution in [3.63, 3.8) is 0 Å². The molecule has 21 heavy (non-hydrogen) atoms. The summed E-state index contributed by atoms with van der Waals surface area (Å²) in [5.41, 5.74) is 7.75. The smallest absolute Gasteiger partial charge is 0.119 e. The molecule has 1 heterocycles. The van der Waals surface area contributed by atoms with Gasteiger partial charge in [0.1, 0.15) is 5.75 Å². The Morgan fingerprint density at radius 1 is 1.29 bits per heavy atom. The minimum absolute atomic E-state index is 0.207. The van der Waals surface area contributed by atoms with Gasteiger partial charge in [-0.1, -0.05) is 39.8 Å². The van der Waals surface area contributed by atoms with Crippen LogP contribution in [-0.4, -0.2) is 30.6 Å². The van der Waals surface area contributed by atoms with Gasteiger partial charge in [-0.05, 0) is 35.4 Å². The standard InChI is InChI=1S/C18H30N2O/c1-14(2)12-21-16-7-5-15(6-8-16)11-20-10-9-17(19)18(3,4)13-20/h5-8,14,17H,9-13,19H2,1-4H3. The number of nitrogens with zero attached hydrogens (tertiary/aromatic N) is 1. The Kier molecular flexibility index (Phi) is 5.28. The number of likely N-dealkylation sites (tertiary alicyclic amines) is 1. The molecule has 0 amide bonds. The first kappa shape index (κ1) is 16.3. The lowest BCUT2D eigenvalue weighted by molar-refractivity contribution is 0.0898. The number of ether oxygens (including phenoxy) is 1. The van der Waals surface area contributed by atoms with Crippen LogP contribution in [0.25, 0.3) is 0 Å². The van der Waals surface area contributed by atoms with Crippen molar-refractivity contribution < 1.29 is 4.74 Å². The van der Waals surface area contributed by atoms with Gasteiger partial charge in [0.05, 0.1) is 6.61 Å². The molecule has 0 bridgehead atoms. The molecule has 1 unspecified atom stereocenters. The topological polar surface area (TPSA) is 38.5 Å². The van der Waals surface area contributed by atoms with Gasteiger partial charge in [-0.25, -0.2) is 0 Å². The highest BCUT2D eigenvalue weighted by Crippen LogP contribution is 2.28. The van der Waals surface area contributed by atoms with Crippen molar-refractivity contribution in [2.45, 2.75) is 46.7 Å². The molecule has 0 radical (unpaired) electrons. The number of hydrogen-bond acceptors (Lipinski definition) is 3. The Hall–Kier alpha value is -1.06. The van der Waals surface area contributed by atoms with Crippen LogP contribution in [0.1, 0.15) is 39.7 Å². The van der Waals surface area contributed by atoms with Crippen molar-refractivity contribution in [2.75, 3.05) is 19.7 Å². The summed E-state index contributed by atoms with van der Waals surface area (Å²) in [6, 6.07) is 8.84. The Morgan fingerprint density at radius 2 is 1.95 bits per heavy atom. The Labute approximate surface area is 129 Å². The molecular weight excluding hydrogens is 260 g/mol. The van der Waals surface area contributed by atoms with Crippen LogP contribution in [0.3, 0.4) is 0 Å². The Bertz CT molecular complexity index is 439. The van der Waals surface area contributed by atoms with E-state index in [2.05, 4.69) is 56.9 Å². The second-order valence-electron chi connectivity index (χ2n) is 7.44. The van der Waals surface area contributed by atoms with E-state index in [1.54, 1.807) is 0 Å². The number of hydrogen-bond donors (Lipinski definition) is 1. The average Bonchev–Trinajstić information content (AvgIpc) is 2.42. The van der Waals surface area contributed by atoms with E-state index in [1.165, 1.54) is 5.56 Å². The molecule has 1 saturated heterocycles. The summed E-state index contributed by atoms with van der Waals surface area (Å²) < 4.78 is 5.73. The summed E-state index contributed by atoms with van der Waals surface area (Å²) in [5, 5.41) is 0. The van der Waals surface area contributed by atoms with E-state index in [1.807, 2.05) is 0 Å². The van der Waals surface area contributed by atoms with Crippen LogP contribution in [0.15, 0.2) is 24.3 Å². The van der Waals surface area contributed by atoms with E-state index >= 15 is 0 Å². The number of piperidine rings is 1. The van der Waals surface area contributed by atoms with Gasteiger partial charge < -0.3 is 10.5 Å². The molecule has 0 aliphatic carbocycles. The molecular formula is C18H30N2O. The van der Waals surface area contributed by atoms with E-state index in [0.29, 0.717) is 12.0 Å². The maximum atomic E-state index is 6.20. The van der Waals surface area contributed by atoms with Gasteiger partial charge in [-0.2, -0.15) is 0 Å². The van der Waals surface area contributed by atoms with Gasteiger partial charge in [0.25, 0.3) is 0 Å². The van der Waals surface area contributed by atoms with Crippen molar-refractivity contribution in [2.24, 2.45) is 17.1 Å². The molecule has 2 rings (SSSR count). The lowest BCUT2D eigenvalue weighted by atomic mass is 9.79. The minimum Gasteiger partial charge on any atom is -0.493 e. The van der Waals surface area contributed by atoms with E-state index in [4.69, 9.17) is 10.5 Å². The highest BCUT2D eigenvalue weighted by Gasteiger charge is 2.33. The van der Waals surface area contributed by atoms with Crippen molar-refractivity contribution in [1.82, 2.24) is 4.90 Å². The SMILES string of the molecule is CC(C)COc1ccc(CN2CCC(N)C(C)(C)C2)cc1. The summed E-state index contributed by atoms with van der Waals surface area (Å²) in [5.74, 6) is 1.53. The third-order valence-corrected chi connectivity index (χ3v) is 4.30. The highest BCUT2D eigenvalue weighted by atomic mass is 16.5. The van der Waals surface area contributed by atoms with E-state index in [0.717, 1.165) is 38.4 Å². The monoisotopic (exact) mass is 290 g/mol. The fourth-order valence-electron chi connectivity index (χ4n) is 2.83. The molecule has 3 heteroatoms. The molecule has 1 aromatic carbocycles. The molecule has 1 atom stereocenters. The quantitative estimate of drug-likeness (QED) is 0.904. The van der Waals surface area contributed by atoms with Gasteiger partial charge >= 0.3 is 0 Å². The summed E-state index contributed by atoms with van der Waals surface area (Å²) in [6.45, 7) is 12.8. The maximum Gasteiger partial charge on any atom is 0.119 e. The van der Waals surface area contributed by atoms with Crippen LogP contribution in [-0.2, 0) is 6.54 Å². The second-order valence-corrected chi connectivity index (χ2v) is 7.44. The van der Waals surface area contributed by atoms with Crippen LogP contribution in [0.5, 0.6) is 5.75 Å². The predicted molar refractivity (Wildman–Crippen MR) is 88.4 cm³/mol. The van der Waals surface area contributed by atoms with Gasteiger partial charge in [-0.3, -0.25) is 4.90 Å². The number of nitrogens with two attached hydrogens (primary N) is 1. The second kappa shape index (κ2) is 6.80. The molecule has 1 aliphatic heterocycles. The number of benzene rings is 1. The lowest BCUT2D eigenvalue weighted by Gasteiger charge is -2.42. The summed E-state index contributed by atoms with van der Waals surface area (Å²) in [4.78, 5) is 2.51. The zero-order valence-electron chi connectivity index (χ0n) is 13.9. The molecule has 1 fully saturated rings. The normalized spacial score (nSPS) is 22.5. The molecule has 0 spiro atoms. The fourth-order valence-corrected chi connectivity index (χ4v) is 2.83. The van der Waals surface area contributed by atoms with E-state index in [9.17, 15) is 0 Å². The van der Waals surface area contributed by atoms with Crippen LogP contribution in [0, 0.1) is 11.3 Å². The zero-order valence-corrected chi connectivity index (χ0v) is 13.9. The van der Waals surface area contributed by atoms with Crippen LogP contribution >= 0.6 is 0 Å². The highest BCUT2D eigenvalue weighted by molar-refractivity contribution is 5.27. The molecule has 0 aromatic heterocycles. The van der Waals surface area contributed by atoms with E-state index in [-0.39, 0.29) is 5.41 Å². The summed E-state index contributed by atoms with van der Waals surface area (Å²) >= 11 is 0. The Balaban J connectivity index is 1.89. The summed E-state index contributed by atoms with van der Waals surface area (Å²) in [7, 11) is 0. The first-order chi connectivity index (χ1) is 9.87. The Morgan fingerprint density at radius 3 is 2.52 bits per heavy atom. The van der Waals surface area contributed by atoms with Crippen molar-refractivity contribution >= 4 is 0 Å². The van der Waals surface area contributed by atoms with Crippen molar-refractivity contribution in [3.8, 4) is 5.75 Å². The van der Waals surface area contributed by atoms with Crippen LogP contribution in [0.2, 0.25) is 0 Å². The third kappa shape index (κ3) is 4.72. The third-order valence-electron chi connectivity index (χ3n) is 4.30. The summed E-state index contributed by atoms with van der Waals surface area (Å²) in [6.07, 6.45) is 1.09. The van der Waals surface area contributed by atoms with Gasteiger partial charge in [0.2, 0.25) is 0 Å². The minimum atomic E-state index is 0.207. The largest absolute Gasteiger partial charge is 0.493 e. The van der Waals surface area contributed by atoms with Gasteiger partial charge in [0, 0.05) is 25.7 Å². The average molecular weight is 290 g/mol. The first-order valence-electron chi connectivity index (χ1n) is 8.06. The maximum absolute atomic E-state index is 6.20. The molecule has 2 N–H and O–H groups in total. The molecule has 1 aliphatic rings. The first-order valence-corrected chi connectivity index (χ1v) is 8.06. The molecule has 3 nitrogen and oxygen atoms in total. The van der Waals surface area contributed by atoms with Crippen LogP contribution in [0.4, 0.5) is 0 Å². The fraction of sp³-hybridized carbons (Fsp3) is 0.667. The van der Waals surface area contributed by atoms with Crippen molar-refractivity contribution in [3.05, 3.63) is 29.8 Å². The molecule has 0 saturated carbocycles. The van der Waals surface area contributed by atoms with Gasteiger partial charge in [0.15, 0.2) is 0 Å². The zero-order chi connectivity index (χ0) is 15.5. The van der Waals surface area contributed by atoms with Crippen molar-refractivity contribution in [1.29, 1.82) is 0 Å². The van der Waals surface area contributed by atoms with Crippen LogP contribution < -0.4 is 10.5 Å². The molecule has 1 aromatic rings.